The van der Waals surface area contributed by atoms with Crippen LogP contribution in [0.1, 0.15) is 40.5 Å². The van der Waals surface area contributed by atoms with Gasteiger partial charge in [-0.3, -0.25) is 9.59 Å². The smallest absolute Gasteiger partial charge is 0.245 e. The third-order valence-corrected chi connectivity index (χ3v) is 3.55. The van der Waals surface area contributed by atoms with Crippen LogP contribution in [0.2, 0.25) is 0 Å². The fourth-order valence-corrected chi connectivity index (χ4v) is 2.03. The number of rotatable bonds is 4. The van der Waals surface area contributed by atoms with Gasteiger partial charge in [-0.2, -0.15) is 0 Å². The van der Waals surface area contributed by atoms with Crippen LogP contribution >= 0.6 is 0 Å². The Bertz CT molecular complexity index is 328. The molecule has 2 amide bonds. The first-order valence-electron chi connectivity index (χ1n) is 6.42. The lowest BCUT2D eigenvalue weighted by Gasteiger charge is -2.31. The Balaban J connectivity index is 2.72. The SMILES string of the molecule is COC(C)(C)CCN1C(=O)C(C)NC(=O)CC1C. The van der Waals surface area contributed by atoms with Crippen LogP contribution in [-0.4, -0.2) is 48.1 Å². The van der Waals surface area contributed by atoms with E-state index in [2.05, 4.69) is 5.32 Å². The number of hydrogen-bond acceptors (Lipinski definition) is 3. The van der Waals surface area contributed by atoms with Crippen LogP contribution in [0.3, 0.4) is 0 Å². The van der Waals surface area contributed by atoms with Crippen molar-refractivity contribution in [3.8, 4) is 0 Å². The number of amides is 2. The molecule has 2 unspecified atom stereocenters. The van der Waals surface area contributed by atoms with Crippen molar-refractivity contribution in [2.75, 3.05) is 13.7 Å². The molecule has 0 spiro atoms. The molecule has 0 bridgehead atoms. The van der Waals surface area contributed by atoms with Crippen LogP contribution in [0, 0.1) is 0 Å². The van der Waals surface area contributed by atoms with Gasteiger partial charge >= 0.3 is 0 Å². The molecule has 0 aliphatic carbocycles. The molecule has 104 valence electrons. The Morgan fingerprint density at radius 2 is 2.00 bits per heavy atom. The summed E-state index contributed by atoms with van der Waals surface area (Å²) in [5.41, 5.74) is -0.257. The van der Waals surface area contributed by atoms with Gasteiger partial charge in [0.25, 0.3) is 0 Å². The molecule has 5 nitrogen and oxygen atoms in total. The summed E-state index contributed by atoms with van der Waals surface area (Å²) in [7, 11) is 1.67. The number of nitrogens with one attached hydrogen (secondary N) is 1. The molecule has 2 atom stereocenters. The summed E-state index contributed by atoms with van der Waals surface area (Å²) >= 11 is 0. The fraction of sp³-hybridized carbons (Fsp3) is 0.846. The highest BCUT2D eigenvalue weighted by atomic mass is 16.5. The summed E-state index contributed by atoms with van der Waals surface area (Å²) in [6.45, 7) is 8.24. The topological polar surface area (TPSA) is 58.6 Å². The minimum absolute atomic E-state index is 0.0137. The zero-order valence-electron chi connectivity index (χ0n) is 11.9. The molecule has 1 aliphatic rings. The molecular formula is C13H24N2O3. The quantitative estimate of drug-likeness (QED) is 0.814. The first-order chi connectivity index (χ1) is 8.26. The number of carbonyl (C=O) groups is 2. The largest absolute Gasteiger partial charge is 0.379 e. The van der Waals surface area contributed by atoms with Crippen LogP contribution in [0.15, 0.2) is 0 Å². The van der Waals surface area contributed by atoms with E-state index in [-0.39, 0.29) is 23.5 Å². The zero-order valence-corrected chi connectivity index (χ0v) is 11.9. The number of carbonyl (C=O) groups excluding carboxylic acids is 2. The molecule has 1 heterocycles. The van der Waals surface area contributed by atoms with Crippen molar-refractivity contribution in [2.45, 2.75) is 58.2 Å². The maximum atomic E-state index is 12.2. The molecule has 0 aromatic heterocycles. The summed E-state index contributed by atoms with van der Waals surface area (Å²) in [5.74, 6) is -0.0721. The van der Waals surface area contributed by atoms with Crippen LogP contribution in [0.25, 0.3) is 0 Å². The maximum Gasteiger partial charge on any atom is 0.245 e. The van der Waals surface area contributed by atoms with E-state index in [4.69, 9.17) is 4.74 Å². The molecular weight excluding hydrogens is 232 g/mol. The second-order valence-electron chi connectivity index (χ2n) is 5.59. The average Bonchev–Trinajstić information content (AvgIpc) is 2.35. The van der Waals surface area contributed by atoms with Crippen molar-refractivity contribution in [3.05, 3.63) is 0 Å². The molecule has 1 rings (SSSR count). The third-order valence-electron chi connectivity index (χ3n) is 3.55. The highest BCUT2D eigenvalue weighted by Gasteiger charge is 2.32. The van der Waals surface area contributed by atoms with Gasteiger partial charge < -0.3 is 15.0 Å². The summed E-state index contributed by atoms with van der Waals surface area (Å²) < 4.78 is 5.36. The van der Waals surface area contributed by atoms with E-state index in [0.29, 0.717) is 13.0 Å². The molecule has 5 heteroatoms. The van der Waals surface area contributed by atoms with Crippen molar-refractivity contribution in [3.63, 3.8) is 0 Å². The van der Waals surface area contributed by atoms with Crippen LogP contribution < -0.4 is 5.32 Å². The Morgan fingerprint density at radius 3 is 2.56 bits per heavy atom. The van der Waals surface area contributed by atoms with Crippen molar-refractivity contribution in [1.29, 1.82) is 0 Å². The van der Waals surface area contributed by atoms with Gasteiger partial charge in [0.2, 0.25) is 11.8 Å². The van der Waals surface area contributed by atoms with Crippen LogP contribution in [0.5, 0.6) is 0 Å². The number of methoxy groups -OCH3 is 1. The Hall–Kier alpha value is -1.10. The lowest BCUT2D eigenvalue weighted by atomic mass is 10.0. The second-order valence-corrected chi connectivity index (χ2v) is 5.59. The Kier molecular flexibility index (Phi) is 4.73. The number of ether oxygens (including phenoxy) is 1. The standard InChI is InChI=1S/C13H24N2O3/c1-9-8-11(16)14-10(2)12(17)15(9)7-6-13(3,4)18-5/h9-10H,6-8H2,1-5H3,(H,14,16). The van der Waals surface area contributed by atoms with Gasteiger partial charge in [0, 0.05) is 26.1 Å². The van der Waals surface area contributed by atoms with Gasteiger partial charge in [-0.25, -0.2) is 0 Å². The minimum Gasteiger partial charge on any atom is -0.379 e. The summed E-state index contributed by atoms with van der Waals surface area (Å²) in [6, 6.07) is -0.497. The Morgan fingerprint density at radius 1 is 1.39 bits per heavy atom. The van der Waals surface area contributed by atoms with Gasteiger partial charge in [0.1, 0.15) is 6.04 Å². The molecule has 1 N–H and O–H groups in total. The predicted octanol–water partition coefficient (Wildman–Crippen LogP) is 0.927. The normalized spacial score (nSPS) is 25.9. The molecule has 1 saturated heterocycles. The van der Waals surface area contributed by atoms with E-state index >= 15 is 0 Å². The molecule has 1 aliphatic heterocycles. The number of hydrogen-bond donors (Lipinski definition) is 1. The molecule has 0 aromatic carbocycles. The molecule has 0 radical (unpaired) electrons. The lowest BCUT2D eigenvalue weighted by molar-refractivity contribution is -0.135. The van der Waals surface area contributed by atoms with Crippen LogP contribution in [-0.2, 0) is 14.3 Å². The molecule has 0 saturated carbocycles. The first-order valence-corrected chi connectivity index (χ1v) is 6.42. The van der Waals surface area contributed by atoms with Crippen LogP contribution in [0.4, 0.5) is 0 Å². The minimum atomic E-state index is -0.437. The zero-order chi connectivity index (χ0) is 13.9. The van der Waals surface area contributed by atoms with Crippen molar-refractivity contribution >= 4 is 11.8 Å². The highest BCUT2D eigenvalue weighted by molar-refractivity contribution is 5.90. The summed E-state index contributed by atoms with van der Waals surface area (Å²) in [4.78, 5) is 25.5. The van der Waals surface area contributed by atoms with Gasteiger partial charge in [-0.1, -0.05) is 0 Å². The van der Waals surface area contributed by atoms with E-state index in [1.807, 2.05) is 20.8 Å². The molecule has 1 fully saturated rings. The van der Waals surface area contributed by atoms with Gasteiger partial charge in [0.15, 0.2) is 0 Å². The third kappa shape index (κ3) is 3.70. The fourth-order valence-electron chi connectivity index (χ4n) is 2.03. The maximum absolute atomic E-state index is 12.2. The van der Waals surface area contributed by atoms with Crippen molar-refractivity contribution in [2.24, 2.45) is 0 Å². The highest BCUT2D eigenvalue weighted by Crippen LogP contribution is 2.17. The molecule has 0 aromatic rings. The monoisotopic (exact) mass is 256 g/mol. The second kappa shape index (κ2) is 5.69. The lowest BCUT2D eigenvalue weighted by Crippen LogP contribution is -2.46. The van der Waals surface area contributed by atoms with E-state index < -0.39 is 6.04 Å². The predicted molar refractivity (Wildman–Crippen MR) is 69.1 cm³/mol. The summed E-state index contributed by atoms with van der Waals surface area (Å²) in [5, 5.41) is 2.70. The molecule has 18 heavy (non-hydrogen) atoms. The van der Waals surface area contributed by atoms with Crippen molar-refractivity contribution in [1.82, 2.24) is 10.2 Å². The average molecular weight is 256 g/mol. The number of nitrogens with zero attached hydrogens (tertiary/aromatic N) is 1. The van der Waals surface area contributed by atoms with Crippen molar-refractivity contribution < 1.29 is 14.3 Å². The first kappa shape index (κ1) is 15.0. The Labute approximate surface area is 109 Å². The summed E-state index contributed by atoms with van der Waals surface area (Å²) in [6.07, 6.45) is 1.12. The van der Waals surface area contributed by atoms with Gasteiger partial charge in [-0.05, 0) is 34.1 Å². The van der Waals surface area contributed by atoms with E-state index in [1.54, 1.807) is 18.9 Å². The van der Waals surface area contributed by atoms with Gasteiger partial charge in [-0.15, -0.1) is 0 Å². The van der Waals surface area contributed by atoms with E-state index in [1.165, 1.54) is 0 Å². The van der Waals surface area contributed by atoms with E-state index in [9.17, 15) is 9.59 Å². The van der Waals surface area contributed by atoms with E-state index in [0.717, 1.165) is 6.42 Å². The van der Waals surface area contributed by atoms with Gasteiger partial charge in [0.05, 0.1) is 5.60 Å².